The van der Waals surface area contributed by atoms with Gasteiger partial charge in [0.1, 0.15) is 6.54 Å². The lowest BCUT2D eigenvalue weighted by molar-refractivity contribution is -0.143. The largest absolute Gasteiger partial charge is 0.465 e. The van der Waals surface area contributed by atoms with Crippen LogP contribution in [0, 0.1) is 0 Å². The minimum absolute atomic E-state index is 0.122. The quantitative estimate of drug-likeness (QED) is 0.521. The fourth-order valence-electron chi connectivity index (χ4n) is 2.48. The summed E-state index contributed by atoms with van der Waals surface area (Å²) in [5, 5.41) is 0. The summed E-state index contributed by atoms with van der Waals surface area (Å²) in [4.78, 5) is 25.9. The SMILES string of the molecule is CCOC(=O)CN(CCOC)C(=O)c1ccc(S(=O)(=O)N(CC)CC)cc1. The van der Waals surface area contributed by atoms with Crippen LogP contribution in [0.4, 0.5) is 0 Å². The second kappa shape index (κ2) is 11.0. The van der Waals surface area contributed by atoms with Crippen molar-refractivity contribution in [3.8, 4) is 0 Å². The predicted molar refractivity (Wildman–Crippen MR) is 101 cm³/mol. The Hall–Kier alpha value is -1.97. The molecule has 0 bridgehead atoms. The molecule has 0 atom stereocenters. The van der Waals surface area contributed by atoms with Gasteiger partial charge in [-0.15, -0.1) is 0 Å². The zero-order valence-corrected chi connectivity index (χ0v) is 17.1. The molecule has 1 aromatic rings. The van der Waals surface area contributed by atoms with Gasteiger partial charge in [0.2, 0.25) is 10.0 Å². The monoisotopic (exact) mass is 400 g/mol. The van der Waals surface area contributed by atoms with E-state index in [1.54, 1.807) is 20.8 Å². The highest BCUT2D eigenvalue weighted by Crippen LogP contribution is 2.17. The first-order valence-electron chi connectivity index (χ1n) is 8.85. The van der Waals surface area contributed by atoms with Crippen molar-refractivity contribution in [3.63, 3.8) is 0 Å². The lowest BCUT2D eigenvalue weighted by atomic mass is 10.2. The number of esters is 1. The zero-order valence-electron chi connectivity index (χ0n) is 16.3. The van der Waals surface area contributed by atoms with Crippen molar-refractivity contribution in [3.05, 3.63) is 29.8 Å². The first-order valence-corrected chi connectivity index (χ1v) is 10.3. The van der Waals surface area contributed by atoms with Gasteiger partial charge in [0.15, 0.2) is 0 Å². The molecule has 0 spiro atoms. The Morgan fingerprint density at radius 3 is 2.11 bits per heavy atom. The third-order valence-corrected chi connectivity index (χ3v) is 5.99. The van der Waals surface area contributed by atoms with Crippen LogP contribution in [0.25, 0.3) is 0 Å². The van der Waals surface area contributed by atoms with Gasteiger partial charge in [-0.25, -0.2) is 8.42 Å². The maximum atomic E-state index is 12.7. The Morgan fingerprint density at radius 2 is 1.63 bits per heavy atom. The van der Waals surface area contributed by atoms with Crippen molar-refractivity contribution in [2.24, 2.45) is 0 Å². The van der Waals surface area contributed by atoms with Crippen LogP contribution in [-0.2, 0) is 24.3 Å². The van der Waals surface area contributed by atoms with Gasteiger partial charge in [-0.3, -0.25) is 9.59 Å². The second-order valence-corrected chi connectivity index (χ2v) is 7.58. The van der Waals surface area contributed by atoms with Crippen molar-refractivity contribution in [2.45, 2.75) is 25.7 Å². The number of benzene rings is 1. The van der Waals surface area contributed by atoms with E-state index in [2.05, 4.69) is 0 Å². The molecule has 1 amide bonds. The Bertz CT molecular complexity index is 714. The number of methoxy groups -OCH3 is 1. The molecule has 1 aromatic carbocycles. The lowest BCUT2D eigenvalue weighted by Crippen LogP contribution is -2.38. The number of ether oxygens (including phenoxy) is 2. The molecule has 0 N–H and O–H groups in total. The van der Waals surface area contributed by atoms with Crippen LogP contribution in [0.15, 0.2) is 29.2 Å². The highest BCUT2D eigenvalue weighted by Gasteiger charge is 2.23. The van der Waals surface area contributed by atoms with Gasteiger partial charge in [-0.1, -0.05) is 13.8 Å². The number of sulfonamides is 1. The zero-order chi connectivity index (χ0) is 20.4. The average Bonchev–Trinajstić information content (AvgIpc) is 2.65. The van der Waals surface area contributed by atoms with E-state index in [1.165, 1.54) is 40.6 Å². The van der Waals surface area contributed by atoms with E-state index in [1.807, 2.05) is 0 Å². The van der Waals surface area contributed by atoms with Gasteiger partial charge >= 0.3 is 5.97 Å². The topological polar surface area (TPSA) is 93.2 Å². The second-order valence-electron chi connectivity index (χ2n) is 5.64. The molecule has 152 valence electrons. The summed E-state index contributed by atoms with van der Waals surface area (Å²) in [7, 11) is -2.09. The first kappa shape index (κ1) is 23.1. The van der Waals surface area contributed by atoms with E-state index in [9.17, 15) is 18.0 Å². The Morgan fingerprint density at radius 1 is 1.04 bits per heavy atom. The Balaban J connectivity index is 3.02. The molecule has 8 nitrogen and oxygen atoms in total. The van der Waals surface area contributed by atoms with Gasteiger partial charge < -0.3 is 14.4 Å². The maximum absolute atomic E-state index is 12.7. The summed E-state index contributed by atoms with van der Waals surface area (Å²) < 4.78 is 36.3. The van der Waals surface area contributed by atoms with E-state index in [0.29, 0.717) is 13.1 Å². The molecule has 0 aromatic heterocycles. The number of carbonyl (C=O) groups excluding carboxylic acids is 2. The van der Waals surface area contributed by atoms with Crippen LogP contribution < -0.4 is 0 Å². The fraction of sp³-hybridized carbons (Fsp3) is 0.556. The van der Waals surface area contributed by atoms with Crippen LogP contribution in [0.1, 0.15) is 31.1 Å². The Kier molecular flexibility index (Phi) is 9.40. The van der Waals surface area contributed by atoms with Crippen molar-refractivity contribution >= 4 is 21.9 Å². The van der Waals surface area contributed by atoms with Crippen molar-refractivity contribution in [1.29, 1.82) is 0 Å². The molecule has 9 heteroatoms. The average molecular weight is 400 g/mol. The van der Waals surface area contributed by atoms with E-state index in [-0.39, 0.29) is 36.8 Å². The molecule has 0 saturated carbocycles. The number of carbonyl (C=O) groups is 2. The fourth-order valence-corrected chi connectivity index (χ4v) is 3.94. The molecule has 0 unspecified atom stereocenters. The summed E-state index contributed by atoms with van der Waals surface area (Å²) in [6.45, 7) is 6.46. The molecular weight excluding hydrogens is 372 g/mol. The highest BCUT2D eigenvalue weighted by molar-refractivity contribution is 7.89. The molecule has 0 aliphatic rings. The molecule has 0 saturated heterocycles. The molecule has 0 radical (unpaired) electrons. The van der Waals surface area contributed by atoms with E-state index < -0.39 is 21.9 Å². The van der Waals surface area contributed by atoms with Crippen molar-refractivity contribution in [2.75, 3.05) is 46.5 Å². The van der Waals surface area contributed by atoms with E-state index in [0.717, 1.165) is 0 Å². The molecule has 0 heterocycles. The van der Waals surface area contributed by atoms with Crippen LogP contribution in [0.5, 0.6) is 0 Å². The number of hydrogen-bond donors (Lipinski definition) is 0. The van der Waals surface area contributed by atoms with Gasteiger partial charge in [0.25, 0.3) is 5.91 Å². The summed E-state index contributed by atoms with van der Waals surface area (Å²) >= 11 is 0. The Labute approximate surface area is 161 Å². The van der Waals surface area contributed by atoms with Crippen LogP contribution in [0.2, 0.25) is 0 Å². The number of hydrogen-bond acceptors (Lipinski definition) is 6. The van der Waals surface area contributed by atoms with E-state index >= 15 is 0 Å². The third kappa shape index (κ3) is 6.30. The van der Waals surface area contributed by atoms with Crippen LogP contribution >= 0.6 is 0 Å². The molecule has 0 aliphatic carbocycles. The highest BCUT2D eigenvalue weighted by atomic mass is 32.2. The summed E-state index contributed by atoms with van der Waals surface area (Å²) in [5.41, 5.74) is 0.286. The normalized spacial score (nSPS) is 11.4. The first-order chi connectivity index (χ1) is 12.8. The van der Waals surface area contributed by atoms with E-state index in [4.69, 9.17) is 9.47 Å². The van der Waals surface area contributed by atoms with Gasteiger partial charge in [-0.2, -0.15) is 4.31 Å². The summed E-state index contributed by atoms with van der Waals surface area (Å²) in [6.07, 6.45) is 0. The minimum atomic E-state index is -3.59. The molecule has 0 aliphatic heterocycles. The number of rotatable bonds is 11. The van der Waals surface area contributed by atoms with Crippen molar-refractivity contribution in [1.82, 2.24) is 9.21 Å². The standard InChI is InChI=1S/C18H28N2O6S/c1-5-20(6-2)27(23,24)16-10-8-15(9-11-16)18(22)19(12-13-25-4)14-17(21)26-7-3/h8-11H,5-7,12-14H2,1-4H3. The maximum Gasteiger partial charge on any atom is 0.325 e. The third-order valence-electron chi connectivity index (χ3n) is 3.92. The van der Waals surface area contributed by atoms with Crippen LogP contribution in [0.3, 0.4) is 0 Å². The predicted octanol–water partition coefficient (Wildman–Crippen LogP) is 1.37. The van der Waals surface area contributed by atoms with Crippen molar-refractivity contribution < 1.29 is 27.5 Å². The molecule has 1 rings (SSSR count). The smallest absolute Gasteiger partial charge is 0.325 e. The summed E-state index contributed by atoms with van der Waals surface area (Å²) in [6, 6.07) is 5.70. The lowest BCUT2D eigenvalue weighted by Gasteiger charge is -2.22. The molecular formula is C18H28N2O6S. The van der Waals surface area contributed by atoms with Crippen LogP contribution in [-0.4, -0.2) is 76.0 Å². The molecule has 27 heavy (non-hydrogen) atoms. The van der Waals surface area contributed by atoms with Gasteiger partial charge in [0.05, 0.1) is 18.1 Å². The number of nitrogens with zero attached hydrogens (tertiary/aromatic N) is 2. The summed E-state index contributed by atoms with van der Waals surface area (Å²) in [5.74, 6) is -0.908. The van der Waals surface area contributed by atoms with Gasteiger partial charge in [0, 0.05) is 32.3 Å². The number of amides is 1. The molecule has 0 fully saturated rings. The minimum Gasteiger partial charge on any atom is -0.465 e. The van der Waals surface area contributed by atoms with Gasteiger partial charge in [-0.05, 0) is 31.2 Å².